The predicted octanol–water partition coefficient (Wildman–Crippen LogP) is 5.42. The fraction of sp³-hybridized carbons (Fsp3) is 0.600. The molecule has 4 aliphatic rings. The summed E-state index contributed by atoms with van der Waals surface area (Å²) in [6.45, 7) is 16.4. The minimum Gasteiger partial charge on any atom is -0.485 e. The molecule has 0 bridgehead atoms. The maximum Gasteiger partial charge on any atom is 0.472 e. The number of benzene rings is 2. The average Bonchev–Trinajstić information content (AvgIpc) is 3.80. The predicted molar refractivity (Wildman–Crippen MR) is 203 cm³/mol. The maximum atomic E-state index is 12.9. The summed E-state index contributed by atoms with van der Waals surface area (Å²) in [6, 6.07) is 11.7. The van der Waals surface area contributed by atoms with Crippen LogP contribution in [0.15, 0.2) is 36.4 Å². The lowest BCUT2D eigenvalue weighted by atomic mass is 9.84. The molecule has 6 rings (SSSR count). The molecule has 4 aliphatic heterocycles. The largest absolute Gasteiger partial charge is 0.485 e. The molecular formula is C40H51N4O12P. The van der Waals surface area contributed by atoms with Crippen molar-refractivity contribution >= 4 is 25.3 Å². The monoisotopic (exact) mass is 810 g/mol. The van der Waals surface area contributed by atoms with Crippen molar-refractivity contribution in [2.45, 2.75) is 88.9 Å². The number of nitrogens with zero attached hydrogens (tertiary/aromatic N) is 4. The van der Waals surface area contributed by atoms with Gasteiger partial charge in [0.25, 0.3) is 0 Å². The zero-order valence-corrected chi connectivity index (χ0v) is 33.7. The molecule has 57 heavy (non-hydrogen) atoms. The van der Waals surface area contributed by atoms with Crippen molar-refractivity contribution in [1.82, 2.24) is 9.80 Å². The van der Waals surface area contributed by atoms with Crippen LogP contribution in [0.2, 0.25) is 0 Å². The van der Waals surface area contributed by atoms with E-state index in [0.717, 1.165) is 24.0 Å². The van der Waals surface area contributed by atoms with E-state index in [2.05, 4.69) is 10.9 Å². The molecule has 0 spiro atoms. The van der Waals surface area contributed by atoms with Crippen LogP contribution in [-0.4, -0.2) is 116 Å². The molecule has 17 heteroatoms. The van der Waals surface area contributed by atoms with E-state index in [9.17, 15) is 24.3 Å². The summed E-state index contributed by atoms with van der Waals surface area (Å²) in [7, 11) is -4.39. The number of phosphoric ester groups is 1. The third-order valence-corrected chi connectivity index (χ3v) is 11.5. The SMILES string of the molecule is [C-]#[N+]c1ccc2c(c1)[C@@H](N1CCCC1=O)[C@H](OCCOCCOP(=O)(O)OCCOCCO[C@H]1[C@H](N3CCCC3=O)c3cc(C#N)ccc3OC1(C)C)C(C)(C)O2. The van der Waals surface area contributed by atoms with Crippen LogP contribution in [0.25, 0.3) is 4.85 Å². The number of amides is 2. The Kier molecular flexibility index (Phi) is 13.6. The molecule has 0 saturated carbocycles. The molecule has 2 aromatic carbocycles. The van der Waals surface area contributed by atoms with E-state index in [1.165, 1.54) is 0 Å². The van der Waals surface area contributed by atoms with Crippen molar-refractivity contribution in [3.05, 3.63) is 64.5 Å². The van der Waals surface area contributed by atoms with Crippen LogP contribution in [0.4, 0.5) is 5.69 Å². The summed E-state index contributed by atoms with van der Waals surface area (Å²) in [6.07, 6.45) is 1.28. The first-order chi connectivity index (χ1) is 27.2. The number of phosphoric acid groups is 1. The van der Waals surface area contributed by atoms with Crippen LogP contribution >= 0.6 is 7.82 Å². The lowest BCUT2D eigenvalue weighted by molar-refractivity contribution is -0.152. The van der Waals surface area contributed by atoms with Crippen LogP contribution in [0.1, 0.15) is 82.2 Å². The molecule has 5 atom stereocenters. The molecule has 0 aromatic heterocycles. The summed E-state index contributed by atoms with van der Waals surface area (Å²) >= 11 is 0. The lowest BCUT2D eigenvalue weighted by Gasteiger charge is -2.47. The Hall–Kier alpha value is -4.09. The Morgan fingerprint density at radius 2 is 1.26 bits per heavy atom. The van der Waals surface area contributed by atoms with E-state index in [1.807, 2.05) is 32.6 Å². The molecule has 2 fully saturated rings. The third kappa shape index (κ3) is 9.97. The highest BCUT2D eigenvalue weighted by molar-refractivity contribution is 7.47. The quantitative estimate of drug-likeness (QED) is 0.115. The number of ether oxygens (including phenoxy) is 6. The Bertz CT molecular complexity index is 1780. The van der Waals surface area contributed by atoms with Crippen molar-refractivity contribution in [2.75, 3.05) is 65.9 Å². The van der Waals surface area contributed by atoms with Gasteiger partial charge in [0.1, 0.15) is 34.9 Å². The van der Waals surface area contributed by atoms with Gasteiger partial charge in [-0.3, -0.25) is 18.6 Å². The van der Waals surface area contributed by atoms with Crippen molar-refractivity contribution in [1.29, 1.82) is 5.26 Å². The van der Waals surface area contributed by atoms with Crippen LogP contribution in [0, 0.1) is 17.9 Å². The molecule has 2 amide bonds. The third-order valence-electron chi connectivity index (χ3n) is 10.5. The van der Waals surface area contributed by atoms with Crippen molar-refractivity contribution in [3.63, 3.8) is 0 Å². The molecular weight excluding hydrogens is 759 g/mol. The van der Waals surface area contributed by atoms with E-state index >= 15 is 0 Å². The Morgan fingerprint density at radius 3 is 1.72 bits per heavy atom. The topological polar surface area (TPSA) is 180 Å². The first kappa shape index (κ1) is 42.5. The molecule has 1 N–H and O–H groups in total. The number of hydrogen-bond acceptors (Lipinski definition) is 12. The number of fused-ring (bicyclic) bond motifs is 2. The summed E-state index contributed by atoms with van der Waals surface area (Å²) in [5.74, 6) is 1.27. The molecule has 1 unspecified atom stereocenters. The molecule has 0 aliphatic carbocycles. The first-order valence-corrected chi connectivity index (χ1v) is 20.8. The summed E-state index contributed by atoms with van der Waals surface area (Å²) in [5, 5.41) is 9.51. The molecule has 0 radical (unpaired) electrons. The first-order valence-electron chi connectivity index (χ1n) is 19.3. The molecule has 2 aromatic rings. The lowest BCUT2D eigenvalue weighted by Crippen LogP contribution is -2.55. The van der Waals surface area contributed by atoms with Gasteiger partial charge in [-0.25, -0.2) is 9.41 Å². The summed E-state index contributed by atoms with van der Waals surface area (Å²) in [4.78, 5) is 43.0. The van der Waals surface area contributed by atoms with Crippen LogP contribution in [-0.2, 0) is 42.1 Å². The van der Waals surface area contributed by atoms with Gasteiger partial charge in [-0.15, -0.1) is 0 Å². The Labute approximate surface area is 333 Å². The smallest absolute Gasteiger partial charge is 0.472 e. The normalized spacial score (nSPS) is 24.5. The number of hydrogen-bond donors (Lipinski definition) is 1. The standard InChI is InChI=1S/C40H51N4O12P/c1-39(2)37(35(43-14-6-8-33(43)45)29-24-27(26-41)10-12-31(29)55-39)51-20-16-49-18-22-53-57(47,48)54-23-19-50-17-21-52-38-36(44-15-7-9-34(44)46)30-25-28(42-5)11-13-32(30)56-40(38,3)4/h10-13,24-25,35-38H,6-9,14-23H2,1-4H3,(H,47,48)/t35-,36-,37+,38+/m1/s1. The zero-order chi connectivity index (χ0) is 40.8. The fourth-order valence-electron chi connectivity index (χ4n) is 7.95. The Balaban J connectivity index is 0.897. The highest BCUT2D eigenvalue weighted by atomic mass is 31.2. The average molecular weight is 811 g/mol. The minimum atomic E-state index is -4.39. The van der Waals surface area contributed by atoms with Crippen LogP contribution in [0.3, 0.4) is 0 Å². The zero-order valence-electron chi connectivity index (χ0n) is 32.8. The highest BCUT2D eigenvalue weighted by Crippen LogP contribution is 2.48. The summed E-state index contributed by atoms with van der Waals surface area (Å²) < 4.78 is 58.9. The van der Waals surface area contributed by atoms with Gasteiger partial charge in [0, 0.05) is 37.1 Å². The van der Waals surface area contributed by atoms with Gasteiger partial charge in [-0.1, -0.05) is 6.07 Å². The maximum absolute atomic E-state index is 12.9. The number of rotatable bonds is 18. The molecule has 308 valence electrons. The molecule has 4 heterocycles. The number of carbonyl (C=O) groups excluding carboxylic acids is 2. The summed E-state index contributed by atoms with van der Waals surface area (Å²) in [5.41, 5.74) is 0.784. The van der Waals surface area contributed by atoms with Gasteiger partial charge in [0.05, 0.1) is 83.1 Å². The van der Waals surface area contributed by atoms with Gasteiger partial charge >= 0.3 is 7.82 Å². The van der Waals surface area contributed by atoms with Crippen molar-refractivity contribution < 1.29 is 56.5 Å². The van der Waals surface area contributed by atoms with E-state index in [4.69, 9.17) is 44.0 Å². The Morgan fingerprint density at radius 1 is 0.789 bits per heavy atom. The second-order valence-corrected chi connectivity index (χ2v) is 16.8. The van der Waals surface area contributed by atoms with Gasteiger partial charge < -0.3 is 43.1 Å². The van der Waals surface area contributed by atoms with Gasteiger partial charge in [-0.05, 0) is 70.9 Å². The fourth-order valence-corrected chi connectivity index (χ4v) is 8.63. The highest BCUT2D eigenvalue weighted by Gasteiger charge is 2.50. The number of carbonyl (C=O) groups is 2. The van der Waals surface area contributed by atoms with E-state index in [-0.39, 0.29) is 64.7 Å². The molecule has 16 nitrogen and oxygen atoms in total. The minimum absolute atomic E-state index is 0.00550. The van der Waals surface area contributed by atoms with Gasteiger partial charge in [0.15, 0.2) is 5.69 Å². The second-order valence-electron chi connectivity index (χ2n) is 15.3. The molecule has 2 saturated heterocycles. The van der Waals surface area contributed by atoms with Crippen LogP contribution < -0.4 is 9.47 Å². The number of likely N-dealkylation sites (tertiary alicyclic amines) is 2. The van der Waals surface area contributed by atoms with Crippen molar-refractivity contribution in [3.8, 4) is 17.6 Å². The van der Waals surface area contributed by atoms with E-state index in [0.29, 0.717) is 48.7 Å². The van der Waals surface area contributed by atoms with E-state index < -0.39 is 43.3 Å². The van der Waals surface area contributed by atoms with Crippen molar-refractivity contribution in [2.24, 2.45) is 0 Å². The second kappa shape index (κ2) is 18.2. The van der Waals surface area contributed by atoms with E-state index in [1.54, 1.807) is 41.3 Å². The number of nitriles is 1. The van der Waals surface area contributed by atoms with Gasteiger partial charge in [-0.2, -0.15) is 5.26 Å². The van der Waals surface area contributed by atoms with Crippen LogP contribution in [0.5, 0.6) is 11.5 Å². The van der Waals surface area contributed by atoms with Gasteiger partial charge in [0.2, 0.25) is 11.8 Å².